The highest BCUT2D eigenvalue weighted by atomic mass is 16.4. The van der Waals surface area contributed by atoms with Crippen molar-refractivity contribution < 1.29 is 19.5 Å². The molecule has 0 saturated heterocycles. The third kappa shape index (κ3) is 4.57. The van der Waals surface area contributed by atoms with Crippen molar-refractivity contribution in [3.8, 4) is 0 Å². The summed E-state index contributed by atoms with van der Waals surface area (Å²) in [5.41, 5.74) is 1.86. The Balaban J connectivity index is 2.10. The lowest BCUT2D eigenvalue weighted by Crippen LogP contribution is -2.47. The molecule has 0 aliphatic rings. The van der Waals surface area contributed by atoms with E-state index >= 15 is 0 Å². The summed E-state index contributed by atoms with van der Waals surface area (Å²) in [6, 6.07) is 6.93. The lowest BCUT2D eigenvalue weighted by Gasteiger charge is -2.17. The summed E-state index contributed by atoms with van der Waals surface area (Å²) in [6.45, 7) is 1.37. The average molecular weight is 317 g/mol. The second-order valence-electron chi connectivity index (χ2n) is 5.25. The Bertz CT molecular complexity index is 723. The topological polar surface area (TPSA) is 111 Å². The SMILES string of the molecule is CC(=O)N[C@H](Cc1c[nH]c2ccccc12)C(=O)NCCC(=O)O. The van der Waals surface area contributed by atoms with Crippen LogP contribution in [0.5, 0.6) is 0 Å². The first-order chi connectivity index (χ1) is 11.0. The zero-order valence-corrected chi connectivity index (χ0v) is 12.8. The number of hydrogen-bond acceptors (Lipinski definition) is 3. The fraction of sp³-hybridized carbons (Fsp3) is 0.312. The van der Waals surface area contributed by atoms with E-state index in [1.54, 1.807) is 0 Å². The van der Waals surface area contributed by atoms with E-state index in [2.05, 4.69) is 15.6 Å². The van der Waals surface area contributed by atoms with Crippen molar-refractivity contribution in [2.75, 3.05) is 6.54 Å². The lowest BCUT2D eigenvalue weighted by molar-refractivity contribution is -0.137. The summed E-state index contributed by atoms with van der Waals surface area (Å²) in [4.78, 5) is 37.2. The molecule has 1 aromatic carbocycles. The van der Waals surface area contributed by atoms with E-state index in [9.17, 15) is 14.4 Å². The number of aliphatic carboxylic acids is 1. The first-order valence-electron chi connectivity index (χ1n) is 7.29. The molecule has 0 saturated carbocycles. The minimum Gasteiger partial charge on any atom is -0.481 e. The van der Waals surface area contributed by atoms with Crippen LogP contribution in [0.2, 0.25) is 0 Å². The first kappa shape index (κ1) is 16.5. The Morgan fingerprint density at radius 3 is 2.70 bits per heavy atom. The van der Waals surface area contributed by atoms with E-state index in [4.69, 9.17) is 5.11 Å². The Morgan fingerprint density at radius 1 is 1.26 bits per heavy atom. The third-order valence-electron chi connectivity index (χ3n) is 3.43. The van der Waals surface area contributed by atoms with Gasteiger partial charge in [0.1, 0.15) is 6.04 Å². The Kier molecular flexibility index (Phi) is 5.35. The predicted octanol–water partition coefficient (Wildman–Crippen LogP) is 0.806. The zero-order valence-electron chi connectivity index (χ0n) is 12.8. The van der Waals surface area contributed by atoms with Crippen LogP contribution in [-0.4, -0.2) is 40.5 Å². The maximum absolute atomic E-state index is 12.2. The summed E-state index contributed by atoms with van der Waals surface area (Å²) in [5, 5.41) is 14.7. The highest BCUT2D eigenvalue weighted by molar-refractivity contribution is 5.89. The van der Waals surface area contributed by atoms with Crippen molar-refractivity contribution in [2.45, 2.75) is 25.8 Å². The summed E-state index contributed by atoms with van der Waals surface area (Å²) in [5.74, 6) is -1.70. The van der Waals surface area contributed by atoms with Crippen LogP contribution in [0.3, 0.4) is 0 Å². The Labute approximate surface area is 133 Å². The van der Waals surface area contributed by atoms with Crippen LogP contribution in [0.25, 0.3) is 10.9 Å². The summed E-state index contributed by atoms with van der Waals surface area (Å²) in [7, 11) is 0. The summed E-state index contributed by atoms with van der Waals surface area (Å²) < 4.78 is 0. The zero-order chi connectivity index (χ0) is 16.8. The van der Waals surface area contributed by atoms with Crippen LogP contribution in [0.15, 0.2) is 30.5 Å². The normalized spacial score (nSPS) is 11.9. The minimum absolute atomic E-state index is 0.0259. The number of aromatic nitrogens is 1. The van der Waals surface area contributed by atoms with Crippen molar-refractivity contribution in [1.29, 1.82) is 0 Å². The fourth-order valence-electron chi connectivity index (χ4n) is 2.39. The molecule has 1 heterocycles. The van der Waals surface area contributed by atoms with Crippen LogP contribution >= 0.6 is 0 Å². The molecule has 2 rings (SSSR count). The Hall–Kier alpha value is -2.83. The van der Waals surface area contributed by atoms with Crippen LogP contribution in [0.1, 0.15) is 18.9 Å². The van der Waals surface area contributed by atoms with Crippen LogP contribution < -0.4 is 10.6 Å². The number of carbonyl (C=O) groups excluding carboxylic acids is 2. The molecule has 0 fully saturated rings. The number of rotatable bonds is 7. The van der Waals surface area contributed by atoms with Gasteiger partial charge in [0.15, 0.2) is 0 Å². The Morgan fingerprint density at radius 2 is 2.00 bits per heavy atom. The molecule has 0 bridgehead atoms. The van der Waals surface area contributed by atoms with Gasteiger partial charge in [-0.3, -0.25) is 14.4 Å². The van der Waals surface area contributed by atoms with Crippen molar-refractivity contribution >= 4 is 28.7 Å². The number of para-hydroxylation sites is 1. The molecule has 122 valence electrons. The van der Waals surface area contributed by atoms with Gasteiger partial charge in [-0.05, 0) is 11.6 Å². The van der Waals surface area contributed by atoms with E-state index in [1.807, 2.05) is 30.5 Å². The number of aromatic amines is 1. The maximum Gasteiger partial charge on any atom is 0.305 e. The quantitative estimate of drug-likeness (QED) is 0.605. The molecule has 0 aliphatic carbocycles. The van der Waals surface area contributed by atoms with Gasteiger partial charge in [-0.15, -0.1) is 0 Å². The number of carboxylic acids is 1. The largest absolute Gasteiger partial charge is 0.481 e. The number of H-pyrrole nitrogens is 1. The highest BCUT2D eigenvalue weighted by Crippen LogP contribution is 2.19. The van der Waals surface area contributed by atoms with E-state index in [-0.39, 0.29) is 18.9 Å². The van der Waals surface area contributed by atoms with Gasteiger partial charge in [0.25, 0.3) is 0 Å². The van der Waals surface area contributed by atoms with Crippen LogP contribution in [0.4, 0.5) is 0 Å². The molecule has 0 radical (unpaired) electrons. The van der Waals surface area contributed by atoms with E-state index in [0.29, 0.717) is 6.42 Å². The van der Waals surface area contributed by atoms with Gasteiger partial charge < -0.3 is 20.7 Å². The predicted molar refractivity (Wildman–Crippen MR) is 84.9 cm³/mol. The number of amides is 2. The van der Waals surface area contributed by atoms with Gasteiger partial charge in [0.05, 0.1) is 6.42 Å². The molecule has 7 heteroatoms. The molecule has 0 unspecified atom stereocenters. The standard InChI is InChI=1S/C16H19N3O4/c1-10(20)19-14(16(23)17-7-6-15(21)22)8-11-9-18-13-5-3-2-4-12(11)13/h2-5,9,14,18H,6-8H2,1H3,(H,17,23)(H,19,20)(H,21,22)/t14-/m1/s1. The second-order valence-corrected chi connectivity index (χ2v) is 5.25. The number of fused-ring (bicyclic) bond motifs is 1. The van der Waals surface area contributed by atoms with Crippen molar-refractivity contribution in [2.24, 2.45) is 0 Å². The lowest BCUT2D eigenvalue weighted by atomic mass is 10.0. The molecule has 2 amide bonds. The molecular weight excluding hydrogens is 298 g/mol. The molecule has 1 atom stereocenters. The van der Waals surface area contributed by atoms with Gasteiger partial charge in [-0.25, -0.2) is 0 Å². The van der Waals surface area contributed by atoms with E-state index < -0.39 is 17.9 Å². The fourth-order valence-corrected chi connectivity index (χ4v) is 2.39. The number of hydrogen-bond donors (Lipinski definition) is 4. The smallest absolute Gasteiger partial charge is 0.305 e. The first-order valence-corrected chi connectivity index (χ1v) is 7.29. The van der Waals surface area contributed by atoms with Crippen LogP contribution in [0, 0.1) is 0 Å². The van der Waals surface area contributed by atoms with Crippen molar-refractivity contribution in [1.82, 2.24) is 15.6 Å². The molecule has 1 aromatic heterocycles. The van der Waals surface area contributed by atoms with Gasteiger partial charge in [0, 0.05) is 37.0 Å². The third-order valence-corrected chi connectivity index (χ3v) is 3.43. The number of benzene rings is 1. The van der Waals surface area contributed by atoms with Gasteiger partial charge >= 0.3 is 5.97 Å². The van der Waals surface area contributed by atoms with Gasteiger partial charge in [-0.1, -0.05) is 18.2 Å². The average Bonchev–Trinajstić information content (AvgIpc) is 2.89. The maximum atomic E-state index is 12.2. The summed E-state index contributed by atoms with van der Waals surface area (Å²) >= 11 is 0. The highest BCUT2D eigenvalue weighted by Gasteiger charge is 2.21. The molecular formula is C16H19N3O4. The van der Waals surface area contributed by atoms with E-state index in [0.717, 1.165) is 16.5 Å². The van der Waals surface area contributed by atoms with Crippen molar-refractivity contribution in [3.63, 3.8) is 0 Å². The second kappa shape index (κ2) is 7.44. The van der Waals surface area contributed by atoms with Gasteiger partial charge in [0.2, 0.25) is 11.8 Å². The van der Waals surface area contributed by atoms with Gasteiger partial charge in [-0.2, -0.15) is 0 Å². The number of carbonyl (C=O) groups is 3. The minimum atomic E-state index is -0.988. The van der Waals surface area contributed by atoms with Crippen molar-refractivity contribution in [3.05, 3.63) is 36.0 Å². The number of nitrogens with one attached hydrogen (secondary N) is 3. The molecule has 4 N–H and O–H groups in total. The molecule has 0 spiro atoms. The van der Waals surface area contributed by atoms with Crippen LogP contribution in [-0.2, 0) is 20.8 Å². The molecule has 0 aliphatic heterocycles. The molecule has 7 nitrogen and oxygen atoms in total. The summed E-state index contributed by atoms with van der Waals surface area (Å²) in [6.07, 6.45) is 1.97. The number of carboxylic acid groups (broad SMARTS) is 1. The molecule has 23 heavy (non-hydrogen) atoms. The molecule has 2 aromatic rings. The monoisotopic (exact) mass is 317 g/mol. The van der Waals surface area contributed by atoms with E-state index in [1.165, 1.54) is 6.92 Å².